The Labute approximate surface area is 144 Å². The Kier molecular flexibility index (Phi) is 4.66. The molecule has 0 aliphatic heterocycles. The highest BCUT2D eigenvalue weighted by molar-refractivity contribution is 8.00. The van der Waals surface area contributed by atoms with Gasteiger partial charge in [-0.3, -0.25) is 14.0 Å². The van der Waals surface area contributed by atoms with E-state index in [0.717, 1.165) is 10.7 Å². The van der Waals surface area contributed by atoms with Crippen LogP contribution >= 0.6 is 11.8 Å². The first-order chi connectivity index (χ1) is 11.6. The number of benzene rings is 1. The van der Waals surface area contributed by atoms with Gasteiger partial charge in [0.15, 0.2) is 10.9 Å². The van der Waals surface area contributed by atoms with Crippen LogP contribution in [0.4, 0.5) is 5.69 Å². The predicted molar refractivity (Wildman–Crippen MR) is 95.6 cm³/mol. The maximum atomic E-state index is 12.5. The fraction of sp³-hybridized carbons (Fsp3) is 0.167. The number of hydrogen-bond donors (Lipinski definition) is 1. The predicted octanol–water partition coefficient (Wildman–Crippen LogP) is 3.66. The summed E-state index contributed by atoms with van der Waals surface area (Å²) in [6.07, 6.45) is 3.69. The van der Waals surface area contributed by atoms with Gasteiger partial charge in [0.25, 0.3) is 0 Å². The lowest BCUT2D eigenvalue weighted by molar-refractivity contribution is -0.115. The Morgan fingerprint density at radius 2 is 1.92 bits per heavy atom. The molecule has 1 atom stereocenters. The molecule has 1 aromatic carbocycles. The summed E-state index contributed by atoms with van der Waals surface area (Å²) in [6.45, 7) is 3.31. The van der Waals surface area contributed by atoms with Crippen LogP contribution in [0.15, 0.2) is 60.0 Å². The number of Topliss-reactive ketones (excluding diaryl/α,β-unsaturated/α-hetero) is 1. The monoisotopic (exact) mass is 339 g/mol. The van der Waals surface area contributed by atoms with Gasteiger partial charge in [-0.2, -0.15) is 0 Å². The van der Waals surface area contributed by atoms with Crippen LogP contribution in [0.25, 0.3) is 5.52 Å². The number of anilines is 1. The minimum Gasteiger partial charge on any atom is -0.324 e. The number of pyridine rings is 1. The van der Waals surface area contributed by atoms with Crippen LogP contribution in [0.5, 0.6) is 0 Å². The number of nitrogens with zero attached hydrogens (tertiary/aromatic N) is 2. The fourth-order valence-electron chi connectivity index (χ4n) is 2.35. The van der Waals surface area contributed by atoms with Crippen molar-refractivity contribution in [1.82, 2.24) is 9.38 Å². The second kappa shape index (κ2) is 6.88. The molecule has 3 aromatic rings. The third-order valence-electron chi connectivity index (χ3n) is 3.62. The molecule has 5 nitrogen and oxygen atoms in total. The van der Waals surface area contributed by atoms with Crippen molar-refractivity contribution in [2.24, 2.45) is 0 Å². The number of hydrogen-bond acceptors (Lipinski definition) is 4. The maximum Gasteiger partial charge on any atom is 0.237 e. The van der Waals surface area contributed by atoms with Gasteiger partial charge in [-0.15, -0.1) is 0 Å². The van der Waals surface area contributed by atoms with E-state index < -0.39 is 0 Å². The summed E-state index contributed by atoms with van der Waals surface area (Å²) in [4.78, 5) is 28.5. The Bertz CT molecular complexity index is 904. The standard InChI is InChI=1S/C18H17N3O2S/c1-12(22)15-8-3-4-9-16(15)20-17(23)13(2)24-18-19-11-14-7-5-6-10-21(14)18/h3-11,13H,1-2H3,(H,20,23). The van der Waals surface area contributed by atoms with E-state index in [0.29, 0.717) is 11.3 Å². The zero-order valence-electron chi connectivity index (χ0n) is 13.4. The molecule has 0 saturated heterocycles. The summed E-state index contributed by atoms with van der Waals surface area (Å²) in [6, 6.07) is 12.8. The molecule has 3 rings (SSSR count). The molecule has 2 heterocycles. The minimum atomic E-state index is -0.351. The van der Waals surface area contributed by atoms with Crippen molar-refractivity contribution in [3.63, 3.8) is 0 Å². The molecule has 1 unspecified atom stereocenters. The largest absolute Gasteiger partial charge is 0.324 e. The number of rotatable bonds is 5. The molecule has 0 aliphatic carbocycles. The van der Waals surface area contributed by atoms with Crippen molar-refractivity contribution < 1.29 is 9.59 Å². The van der Waals surface area contributed by atoms with Gasteiger partial charge in [-0.1, -0.05) is 30.0 Å². The normalized spacial score (nSPS) is 12.1. The van der Waals surface area contributed by atoms with Gasteiger partial charge in [-0.25, -0.2) is 4.98 Å². The molecule has 0 fully saturated rings. The number of amides is 1. The van der Waals surface area contributed by atoms with Gasteiger partial charge < -0.3 is 5.32 Å². The number of fused-ring (bicyclic) bond motifs is 1. The summed E-state index contributed by atoms with van der Waals surface area (Å²) in [5.74, 6) is -0.244. The van der Waals surface area contributed by atoms with Gasteiger partial charge >= 0.3 is 0 Å². The Morgan fingerprint density at radius 3 is 2.71 bits per heavy atom. The maximum absolute atomic E-state index is 12.5. The lowest BCUT2D eigenvalue weighted by atomic mass is 10.1. The average Bonchev–Trinajstić information content (AvgIpc) is 2.98. The van der Waals surface area contributed by atoms with Crippen LogP contribution in [0.1, 0.15) is 24.2 Å². The number of nitrogens with one attached hydrogen (secondary N) is 1. The van der Waals surface area contributed by atoms with Crippen molar-refractivity contribution >= 4 is 34.7 Å². The molecule has 0 aliphatic rings. The number of carbonyl (C=O) groups is 2. The number of imidazole rings is 1. The number of aromatic nitrogens is 2. The number of para-hydroxylation sites is 1. The van der Waals surface area contributed by atoms with Crippen LogP contribution < -0.4 is 5.32 Å². The molecule has 6 heteroatoms. The highest BCUT2D eigenvalue weighted by Crippen LogP contribution is 2.25. The molecule has 1 amide bonds. The first-order valence-electron chi connectivity index (χ1n) is 7.56. The van der Waals surface area contributed by atoms with E-state index in [1.165, 1.54) is 18.7 Å². The summed E-state index contributed by atoms with van der Waals surface area (Å²) < 4.78 is 1.94. The van der Waals surface area contributed by atoms with Crippen LogP contribution in [0.2, 0.25) is 0 Å². The van der Waals surface area contributed by atoms with Crippen molar-refractivity contribution in [2.45, 2.75) is 24.3 Å². The molecular formula is C18H17N3O2S. The van der Waals surface area contributed by atoms with E-state index in [1.807, 2.05) is 35.7 Å². The number of carbonyl (C=O) groups excluding carboxylic acids is 2. The van der Waals surface area contributed by atoms with E-state index in [4.69, 9.17) is 0 Å². The summed E-state index contributed by atoms with van der Waals surface area (Å²) in [5, 5.41) is 3.24. The molecule has 0 radical (unpaired) electrons. The van der Waals surface area contributed by atoms with Crippen molar-refractivity contribution in [3.8, 4) is 0 Å². The number of thioether (sulfide) groups is 1. The van der Waals surface area contributed by atoms with E-state index >= 15 is 0 Å². The van der Waals surface area contributed by atoms with E-state index in [9.17, 15) is 9.59 Å². The van der Waals surface area contributed by atoms with Crippen molar-refractivity contribution in [1.29, 1.82) is 0 Å². The Morgan fingerprint density at radius 1 is 1.17 bits per heavy atom. The molecule has 2 aromatic heterocycles. The first-order valence-corrected chi connectivity index (χ1v) is 8.44. The Balaban J connectivity index is 1.75. The SMILES string of the molecule is CC(=O)c1ccccc1NC(=O)C(C)Sc1ncc2ccccn12. The van der Waals surface area contributed by atoms with Crippen molar-refractivity contribution in [3.05, 3.63) is 60.4 Å². The number of ketones is 1. The highest BCUT2D eigenvalue weighted by Gasteiger charge is 2.19. The van der Waals surface area contributed by atoms with Gasteiger partial charge in [0, 0.05) is 11.8 Å². The quantitative estimate of drug-likeness (QED) is 0.569. The van der Waals surface area contributed by atoms with Crippen LogP contribution in [-0.2, 0) is 4.79 Å². The lowest BCUT2D eigenvalue weighted by Crippen LogP contribution is -2.23. The third-order valence-corrected chi connectivity index (χ3v) is 4.70. The molecule has 24 heavy (non-hydrogen) atoms. The fourth-order valence-corrected chi connectivity index (χ4v) is 3.23. The van der Waals surface area contributed by atoms with Gasteiger partial charge in [0.2, 0.25) is 5.91 Å². The second-order valence-electron chi connectivity index (χ2n) is 5.39. The smallest absolute Gasteiger partial charge is 0.237 e. The summed E-state index contributed by atoms with van der Waals surface area (Å²) >= 11 is 1.38. The van der Waals surface area contributed by atoms with Crippen LogP contribution in [-0.4, -0.2) is 26.3 Å². The third kappa shape index (κ3) is 3.33. The summed E-state index contributed by atoms with van der Waals surface area (Å²) in [7, 11) is 0. The molecule has 0 bridgehead atoms. The van der Waals surface area contributed by atoms with Gasteiger partial charge in [0.1, 0.15) is 0 Å². The molecule has 1 N–H and O–H groups in total. The van der Waals surface area contributed by atoms with E-state index in [-0.39, 0.29) is 16.9 Å². The average molecular weight is 339 g/mol. The molecule has 122 valence electrons. The second-order valence-corrected chi connectivity index (χ2v) is 6.70. The van der Waals surface area contributed by atoms with E-state index in [2.05, 4.69) is 10.3 Å². The zero-order valence-corrected chi connectivity index (χ0v) is 14.2. The Hall–Kier alpha value is -2.60. The van der Waals surface area contributed by atoms with Gasteiger partial charge in [-0.05, 0) is 38.1 Å². The zero-order chi connectivity index (χ0) is 17.1. The van der Waals surface area contributed by atoms with Crippen molar-refractivity contribution in [2.75, 3.05) is 5.32 Å². The van der Waals surface area contributed by atoms with Crippen LogP contribution in [0.3, 0.4) is 0 Å². The minimum absolute atomic E-state index is 0.0783. The van der Waals surface area contributed by atoms with Gasteiger partial charge in [0.05, 0.1) is 22.7 Å². The lowest BCUT2D eigenvalue weighted by Gasteiger charge is -2.13. The highest BCUT2D eigenvalue weighted by atomic mass is 32.2. The van der Waals surface area contributed by atoms with Crippen LogP contribution in [0, 0.1) is 0 Å². The summed E-state index contributed by atoms with van der Waals surface area (Å²) in [5.41, 5.74) is 2.03. The first kappa shape index (κ1) is 16.3. The molecule has 0 saturated carbocycles. The topological polar surface area (TPSA) is 63.5 Å². The molecule has 0 spiro atoms. The van der Waals surface area contributed by atoms with E-state index in [1.54, 1.807) is 30.5 Å². The molecular weight excluding hydrogens is 322 g/mol.